The molecule has 1 fully saturated rings. The third-order valence-corrected chi connectivity index (χ3v) is 4.91. The van der Waals surface area contributed by atoms with Gasteiger partial charge in [-0.2, -0.15) is 0 Å². The van der Waals surface area contributed by atoms with Gasteiger partial charge in [-0.1, -0.05) is 95.4 Å². The van der Waals surface area contributed by atoms with Crippen molar-refractivity contribution < 1.29 is 5.11 Å². The summed E-state index contributed by atoms with van der Waals surface area (Å²) in [6.45, 7) is 2.27. The Morgan fingerprint density at radius 3 is 2.18 bits per heavy atom. The van der Waals surface area contributed by atoms with E-state index in [0.717, 1.165) is 0 Å². The Morgan fingerprint density at radius 2 is 1.50 bits per heavy atom. The molecule has 0 aromatic carbocycles. The summed E-state index contributed by atoms with van der Waals surface area (Å²) >= 11 is 0. The molecular formula is C21H38O. The monoisotopic (exact) mass is 306 g/mol. The molecule has 0 aromatic rings. The molecule has 0 aromatic heterocycles. The number of aliphatic hydroxyl groups excluding tert-OH is 1. The van der Waals surface area contributed by atoms with Crippen molar-refractivity contribution in [1.29, 1.82) is 0 Å². The third kappa shape index (κ3) is 10.2. The second-order valence-electron chi connectivity index (χ2n) is 6.97. The molecule has 0 heterocycles. The first-order chi connectivity index (χ1) is 10.8. The van der Waals surface area contributed by atoms with Crippen molar-refractivity contribution in [3.8, 4) is 0 Å². The van der Waals surface area contributed by atoms with E-state index in [1.54, 1.807) is 0 Å². The van der Waals surface area contributed by atoms with Gasteiger partial charge in [0.2, 0.25) is 0 Å². The molecule has 1 nitrogen and oxygen atoms in total. The van der Waals surface area contributed by atoms with Crippen molar-refractivity contribution in [2.45, 2.75) is 103 Å². The van der Waals surface area contributed by atoms with Crippen LogP contribution in [0.15, 0.2) is 24.3 Å². The standard InChI is InChI=1S/C21H38O/c1-2-3-4-5-6-7-8-9-10-11-12-16-19-21(22)20-17-14-13-15-18-20/h11-12,16,19-22H,2-10,13-15,17-18H2,1H3/b12-11+,19-16+. The highest BCUT2D eigenvalue weighted by atomic mass is 16.3. The molecule has 0 bridgehead atoms. The molecule has 1 aliphatic carbocycles. The van der Waals surface area contributed by atoms with Crippen molar-refractivity contribution in [1.82, 2.24) is 0 Å². The Morgan fingerprint density at radius 1 is 0.864 bits per heavy atom. The lowest BCUT2D eigenvalue weighted by Gasteiger charge is -2.24. The van der Waals surface area contributed by atoms with Gasteiger partial charge < -0.3 is 5.11 Å². The quantitative estimate of drug-likeness (QED) is 0.319. The molecular weight excluding hydrogens is 268 g/mol. The average molecular weight is 307 g/mol. The Kier molecular flexibility index (Phi) is 12.5. The van der Waals surface area contributed by atoms with Crippen molar-refractivity contribution in [3.63, 3.8) is 0 Å². The lowest BCUT2D eigenvalue weighted by Crippen LogP contribution is -2.20. The number of rotatable bonds is 12. The van der Waals surface area contributed by atoms with Gasteiger partial charge in [0.05, 0.1) is 6.10 Å². The predicted octanol–water partition coefficient (Wildman–Crippen LogP) is 6.57. The number of unbranched alkanes of at least 4 members (excludes halogenated alkanes) is 8. The zero-order chi connectivity index (χ0) is 15.9. The summed E-state index contributed by atoms with van der Waals surface area (Å²) < 4.78 is 0. The van der Waals surface area contributed by atoms with Crippen LogP contribution in [0.4, 0.5) is 0 Å². The van der Waals surface area contributed by atoms with E-state index < -0.39 is 0 Å². The number of hydrogen-bond donors (Lipinski definition) is 1. The normalized spacial score (nSPS) is 18.5. The second-order valence-corrected chi connectivity index (χ2v) is 6.97. The maximum Gasteiger partial charge on any atom is 0.0752 e. The fourth-order valence-electron chi connectivity index (χ4n) is 3.38. The maximum atomic E-state index is 10.1. The summed E-state index contributed by atoms with van der Waals surface area (Å²) in [6, 6.07) is 0. The smallest absolute Gasteiger partial charge is 0.0752 e. The molecule has 1 saturated carbocycles. The van der Waals surface area contributed by atoms with E-state index in [-0.39, 0.29) is 6.10 Å². The first-order valence-electron chi connectivity index (χ1n) is 9.86. The highest BCUT2D eigenvalue weighted by Gasteiger charge is 2.18. The second kappa shape index (κ2) is 14.1. The van der Waals surface area contributed by atoms with E-state index in [1.807, 2.05) is 12.2 Å². The first-order valence-corrected chi connectivity index (χ1v) is 9.86. The van der Waals surface area contributed by atoms with Crippen LogP contribution < -0.4 is 0 Å². The predicted molar refractivity (Wildman–Crippen MR) is 98.1 cm³/mol. The summed E-state index contributed by atoms with van der Waals surface area (Å²) in [7, 11) is 0. The van der Waals surface area contributed by atoms with Gasteiger partial charge in [-0.25, -0.2) is 0 Å². The first kappa shape index (κ1) is 19.5. The van der Waals surface area contributed by atoms with Crippen LogP contribution in [0.5, 0.6) is 0 Å². The minimum atomic E-state index is -0.229. The summed E-state index contributed by atoms with van der Waals surface area (Å²) in [5, 5.41) is 10.1. The van der Waals surface area contributed by atoms with E-state index in [2.05, 4.69) is 19.1 Å². The molecule has 1 heteroatoms. The number of hydrogen-bond acceptors (Lipinski definition) is 1. The van der Waals surface area contributed by atoms with E-state index in [0.29, 0.717) is 5.92 Å². The van der Waals surface area contributed by atoms with Crippen LogP contribution in [-0.2, 0) is 0 Å². The van der Waals surface area contributed by atoms with Gasteiger partial charge in [0.25, 0.3) is 0 Å². The summed E-state index contributed by atoms with van der Waals surface area (Å²) in [5.74, 6) is 0.506. The molecule has 128 valence electrons. The van der Waals surface area contributed by atoms with E-state index in [4.69, 9.17) is 0 Å². The van der Waals surface area contributed by atoms with Crippen molar-refractivity contribution in [3.05, 3.63) is 24.3 Å². The molecule has 0 amide bonds. The van der Waals surface area contributed by atoms with Gasteiger partial charge in [-0.15, -0.1) is 0 Å². The zero-order valence-corrected chi connectivity index (χ0v) is 14.8. The molecule has 1 unspecified atom stereocenters. The van der Waals surface area contributed by atoms with Gasteiger partial charge in [0.15, 0.2) is 0 Å². The topological polar surface area (TPSA) is 20.2 Å². The van der Waals surface area contributed by atoms with Gasteiger partial charge in [-0.3, -0.25) is 0 Å². The van der Waals surface area contributed by atoms with Gasteiger partial charge in [0, 0.05) is 0 Å². The maximum absolute atomic E-state index is 10.1. The molecule has 22 heavy (non-hydrogen) atoms. The van der Waals surface area contributed by atoms with E-state index >= 15 is 0 Å². The summed E-state index contributed by atoms with van der Waals surface area (Å²) in [5.41, 5.74) is 0. The number of aliphatic hydroxyl groups is 1. The van der Waals surface area contributed by atoms with Crippen LogP contribution in [0, 0.1) is 5.92 Å². The molecule has 0 saturated heterocycles. The van der Waals surface area contributed by atoms with Crippen molar-refractivity contribution in [2.75, 3.05) is 0 Å². The van der Waals surface area contributed by atoms with Crippen LogP contribution in [0.25, 0.3) is 0 Å². The average Bonchev–Trinajstić information content (AvgIpc) is 2.56. The highest BCUT2D eigenvalue weighted by molar-refractivity contribution is 5.05. The SMILES string of the molecule is CCCCCCCCCC/C=C/C=C/C(O)C1CCCCC1. The lowest BCUT2D eigenvalue weighted by atomic mass is 9.85. The summed E-state index contributed by atoms with van der Waals surface area (Å²) in [4.78, 5) is 0. The molecule has 1 rings (SSSR count). The minimum absolute atomic E-state index is 0.229. The van der Waals surface area contributed by atoms with Crippen LogP contribution in [-0.4, -0.2) is 11.2 Å². The van der Waals surface area contributed by atoms with Crippen LogP contribution in [0.3, 0.4) is 0 Å². The summed E-state index contributed by atoms with van der Waals surface area (Å²) in [6.07, 6.45) is 26.8. The molecule has 1 N–H and O–H groups in total. The Bertz CT molecular complexity index is 286. The zero-order valence-electron chi connectivity index (χ0n) is 14.8. The van der Waals surface area contributed by atoms with E-state index in [9.17, 15) is 5.11 Å². The van der Waals surface area contributed by atoms with Crippen LogP contribution in [0.1, 0.15) is 96.8 Å². The highest BCUT2D eigenvalue weighted by Crippen LogP contribution is 2.26. The minimum Gasteiger partial charge on any atom is -0.389 e. The van der Waals surface area contributed by atoms with Gasteiger partial charge in [0.1, 0.15) is 0 Å². The molecule has 0 aliphatic heterocycles. The Balaban J connectivity index is 1.93. The lowest BCUT2D eigenvalue weighted by molar-refractivity contribution is 0.125. The van der Waals surface area contributed by atoms with Crippen molar-refractivity contribution >= 4 is 0 Å². The fraction of sp³-hybridized carbons (Fsp3) is 0.810. The van der Waals surface area contributed by atoms with Gasteiger partial charge in [-0.05, 0) is 31.6 Å². The van der Waals surface area contributed by atoms with Crippen LogP contribution in [0.2, 0.25) is 0 Å². The third-order valence-electron chi connectivity index (χ3n) is 4.91. The number of allylic oxidation sites excluding steroid dienone is 3. The fourth-order valence-corrected chi connectivity index (χ4v) is 3.38. The molecule has 1 atom stereocenters. The molecule has 0 radical (unpaired) electrons. The van der Waals surface area contributed by atoms with Crippen molar-refractivity contribution in [2.24, 2.45) is 5.92 Å². The van der Waals surface area contributed by atoms with Gasteiger partial charge >= 0.3 is 0 Å². The van der Waals surface area contributed by atoms with E-state index in [1.165, 1.54) is 89.9 Å². The Labute approximate surface area is 138 Å². The molecule has 0 spiro atoms. The molecule has 1 aliphatic rings. The largest absolute Gasteiger partial charge is 0.389 e. The Hall–Kier alpha value is -0.560. The van der Waals surface area contributed by atoms with Crippen LogP contribution >= 0.6 is 0 Å².